The Kier molecular flexibility index (Phi) is 8.68. The summed E-state index contributed by atoms with van der Waals surface area (Å²) < 4.78 is 60.9. The van der Waals surface area contributed by atoms with Gasteiger partial charge in [0.25, 0.3) is 6.08 Å². The summed E-state index contributed by atoms with van der Waals surface area (Å²) >= 11 is 0. The van der Waals surface area contributed by atoms with Crippen molar-refractivity contribution in [3.05, 3.63) is 64.1 Å². The van der Waals surface area contributed by atoms with Gasteiger partial charge in [-0.2, -0.15) is 32.1 Å². The molecule has 14 heteroatoms. The predicted octanol–water partition coefficient (Wildman–Crippen LogP) is 3.60. The Morgan fingerprint density at radius 1 is 1.26 bits per heavy atom. The molecule has 3 rings (SSSR count). The Hall–Kier alpha value is -3.81. The van der Waals surface area contributed by atoms with Gasteiger partial charge in [0.05, 0.1) is 11.9 Å². The molecule has 0 amide bonds. The summed E-state index contributed by atoms with van der Waals surface area (Å²) in [5.74, 6) is -2.58. The van der Waals surface area contributed by atoms with Crippen LogP contribution in [0, 0.1) is 6.92 Å². The first-order chi connectivity index (χ1) is 16.3. The van der Waals surface area contributed by atoms with Crippen LogP contribution in [0.2, 0.25) is 0 Å². The molecule has 0 spiro atoms. The molecule has 0 radical (unpaired) electrons. The molecule has 0 bridgehead atoms. The number of aliphatic carboxylic acids is 1. The summed E-state index contributed by atoms with van der Waals surface area (Å²) in [6.07, 6.45) is -3.45. The van der Waals surface area contributed by atoms with Crippen molar-refractivity contribution in [2.24, 2.45) is 5.73 Å². The zero-order chi connectivity index (χ0) is 26.5. The Morgan fingerprint density at radius 3 is 2.37 bits per heavy atom. The first-order valence-electron chi connectivity index (χ1n) is 10.1. The number of H-pyrrole nitrogens is 1. The average Bonchev–Trinajstić information content (AvgIpc) is 3.39. The number of nitrogens with one attached hydrogen (secondary N) is 1. The van der Waals surface area contributed by atoms with E-state index in [1.807, 2.05) is 43.8 Å². The monoisotopic (exact) mass is 502 g/mol. The maximum atomic E-state index is 13.0. The highest BCUT2D eigenvalue weighted by Gasteiger charge is 2.38. The quantitative estimate of drug-likeness (QED) is 0.442. The van der Waals surface area contributed by atoms with Crippen LogP contribution in [0.25, 0.3) is 16.8 Å². The highest BCUT2D eigenvalue weighted by atomic mass is 19.4. The number of hydrogen-bond acceptors (Lipinski definition) is 5. The molecule has 0 atom stereocenters. The maximum absolute atomic E-state index is 13.0. The summed E-state index contributed by atoms with van der Waals surface area (Å²) in [6.45, 7) is 5.63. The van der Waals surface area contributed by atoms with Gasteiger partial charge in [-0.25, -0.2) is 19.3 Å². The molecule has 4 N–H and O–H groups in total. The lowest BCUT2D eigenvalue weighted by atomic mass is 10.0. The topological polar surface area (TPSA) is 132 Å². The molecule has 1 aromatic carbocycles. The van der Waals surface area contributed by atoms with Crippen LogP contribution in [0.3, 0.4) is 0 Å². The minimum atomic E-state index is -5.08. The van der Waals surface area contributed by atoms with E-state index in [1.54, 1.807) is 12.3 Å². The van der Waals surface area contributed by atoms with Crippen LogP contribution in [-0.2, 0) is 11.2 Å². The van der Waals surface area contributed by atoms with Gasteiger partial charge in [0, 0.05) is 36.3 Å². The SMILES string of the molecule is Cc1c(-c2cnn(C(C)C)c2)cccc1-n1c(CC(CN)=C(F)F)n[nH]c1=O.O=C(O)C(F)(F)F. The fourth-order valence-electron chi connectivity index (χ4n) is 3.04. The predicted molar refractivity (Wildman–Crippen MR) is 116 cm³/mol. The van der Waals surface area contributed by atoms with Crippen LogP contribution >= 0.6 is 0 Å². The number of rotatable bonds is 6. The number of alkyl halides is 3. The molecular weight excluding hydrogens is 479 g/mol. The van der Waals surface area contributed by atoms with E-state index in [2.05, 4.69) is 15.3 Å². The number of carbonyl (C=O) groups is 1. The van der Waals surface area contributed by atoms with Crippen LogP contribution in [0.15, 0.2) is 47.0 Å². The zero-order valence-electron chi connectivity index (χ0n) is 18.9. The number of hydrogen-bond donors (Lipinski definition) is 3. The van der Waals surface area contributed by atoms with E-state index in [0.717, 1.165) is 16.7 Å². The van der Waals surface area contributed by atoms with Gasteiger partial charge in [-0.15, -0.1) is 0 Å². The van der Waals surface area contributed by atoms with Crippen LogP contribution in [0.1, 0.15) is 31.3 Å². The molecule has 35 heavy (non-hydrogen) atoms. The van der Waals surface area contributed by atoms with Gasteiger partial charge >= 0.3 is 17.8 Å². The zero-order valence-corrected chi connectivity index (χ0v) is 18.9. The lowest BCUT2D eigenvalue weighted by molar-refractivity contribution is -0.192. The Balaban J connectivity index is 0.000000540. The molecule has 0 fully saturated rings. The lowest BCUT2D eigenvalue weighted by Gasteiger charge is -2.13. The third kappa shape index (κ3) is 6.62. The van der Waals surface area contributed by atoms with Crippen molar-refractivity contribution in [1.29, 1.82) is 0 Å². The number of halogens is 5. The second-order valence-electron chi connectivity index (χ2n) is 7.58. The molecule has 9 nitrogen and oxygen atoms in total. The Labute approximate surface area is 195 Å². The number of carboxylic acid groups (broad SMARTS) is 1. The highest BCUT2D eigenvalue weighted by molar-refractivity contribution is 5.73. The molecule has 0 aliphatic carbocycles. The highest BCUT2D eigenvalue weighted by Crippen LogP contribution is 2.28. The maximum Gasteiger partial charge on any atom is 0.490 e. The van der Waals surface area contributed by atoms with Gasteiger partial charge in [0.1, 0.15) is 5.82 Å². The molecule has 0 saturated heterocycles. The van der Waals surface area contributed by atoms with E-state index in [0.29, 0.717) is 5.69 Å². The van der Waals surface area contributed by atoms with Gasteiger partial charge in [0.2, 0.25) is 0 Å². The van der Waals surface area contributed by atoms with Gasteiger partial charge in [-0.05, 0) is 38.0 Å². The number of nitrogens with two attached hydrogens (primary N) is 1. The normalized spacial score (nSPS) is 11.3. The number of benzene rings is 1. The minimum Gasteiger partial charge on any atom is -0.475 e. The third-order valence-corrected chi connectivity index (χ3v) is 4.86. The van der Waals surface area contributed by atoms with Crippen molar-refractivity contribution in [1.82, 2.24) is 24.5 Å². The number of nitrogens with zero attached hydrogens (tertiary/aromatic N) is 4. The van der Waals surface area contributed by atoms with Crippen molar-refractivity contribution in [2.45, 2.75) is 39.4 Å². The van der Waals surface area contributed by atoms with E-state index in [4.69, 9.17) is 15.6 Å². The molecule has 2 aromatic heterocycles. The summed E-state index contributed by atoms with van der Waals surface area (Å²) in [5.41, 5.74) is 7.83. The smallest absolute Gasteiger partial charge is 0.475 e. The molecule has 2 heterocycles. The molecule has 0 aliphatic heterocycles. The van der Waals surface area contributed by atoms with E-state index in [9.17, 15) is 26.7 Å². The van der Waals surface area contributed by atoms with Gasteiger partial charge < -0.3 is 10.8 Å². The molecule has 190 valence electrons. The average molecular weight is 502 g/mol. The van der Waals surface area contributed by atoms with Crippen molar-refractivity contribution in [2.75, 3.05) is 6.54 Å². The first kappa shape index (κ1) is 27.4. The number of carboxylic acids is 1. The Bertz CT molecular complexity index is 1270. The first-order valence-corrected chi connectivity index (χ1v) is 10.1. The van der Waals surface area contributed by atoms with E-state index in [1.165, 1.54) is 4.57 Å². The summed E-state index contributed by atoms with van der Waals surface area (Å²) in [7, 11) is 0. The minimum absolute atomic E-state index is 0.177. The van der Waals surface area contributed by atoms with Crippen molar-refractivity contribution >= 4 is 5.97 Å². The molecule has 0 saturated carbocycles. The largest absolute Gasteiger partial charge is 0.490 e. The van der Waals surface area contributed by atoms with Gasteiger partial charge in [-0.1, -0.05) is 12.1 Å². The summed E-state index contributed by atoms with van der Waals surface area (Å²) in [6, 6.07) is 5.71. The molecule has 0 unspecified atom stereocenters. The van der Waals surface area contributed by atoms with E-state index >= 15 is 0 Å². The number of aromatic nitrogens is 5. The van der Waals surface area contributed by atoms with Crippen molar-refractivity contribution in [3.63, 3.8) is 0 Å². The van der Waals surface area contributed by atoms with Crippen LogP contribution in [0.4, 0.5) is 22.0 Å². The van der Waals surface area contributed by atoms with Crippen LogP contribution in [0.5, 0.6) is 0 Å². The van der Waals surface area contributed by atoms with Gasteiger partial charge in [-0.3, -0.25) is 4.68 Å². The lowest BCUT2D eigenvalue weighted by Crippen LogP contribution is -2.21. The van der Waals surface area contributed by atoms with Crippen LogP contribution < -0.4 is 11.4 Å². The fraction of sp³-hybridized carbons (Fsp3) is 0.333. The van der Waals surface area contributed by atoms with E-state index in [-0.39, 0.29) is 30.4 Å². The molecule has 0 aliphatic rings. The van der Waals surface area contributed by atoms with Gasteiger partial charge in [0.15, 0.2) is 0 Å². The summed E-state index contributed by atoms with van der Waals surface area (Å²) in [5, 5.41) is 17.7. The van der Waals surface area contributed by atoms with Crippen molar-refractivity contribution in [3.8, 4) is 16.8 Å². The fourth-order valence-corrected chi connectivity index (χ4v) is 3.04. The van der Waals surface area contributed by atoms with E-state index < -0.39 is 23.9 Å². The Morgan fingerprint density at radius 2 is 1.89 bits per heavy atom. The molecular formula is C21H23F5N6O3. The molecule has 3 aromatic rings. The summed E-state index contributed by atoms with van der Waals surface area (Å²) in [4.78, 5) is 21.3. The second kappa shape index (κ2) is 11.1. The second-order valence-corrected chi connectivity index (χ2v) is 7.58. The standard InChI is InChI=1S/C19H22F2N6O.C2HF3O2/c1-11(2)26-10-14(9-23-26)15-5-4-6-16(12(15)3)27-17(24-25-19(27)28)7-13(8-22)18(20)21;3-2(4,5)1(6)7/h4-6,9-11H,7-8,22H2,1-3H3,(H,25,28);(H,6,7). The van der Waals surface area contributed by atoms with Crippen LogP contribution in [-0.4, -0.2) is 48.3 Å². The number of aromatic amines is 1. The van der Waals surface area contributed by atoms with Crippen molar-refractivity contribution < 1.29 is 31.9 Å². The third-order valence-electron chi connectivity index (χ3n) is 4.86.